The van der Waals surface area contributed by atoms with Gasteiger partial charge in [-0.25, -0.2) is 0 Å². The van der Waals surface area contributed by atoms with Crippen molar-refractivity contribution >= 4 is 11.4 Å². The third kappa shape index (κ3) is 4.30. The predicted molar refractivity (Wildman–Crippen MR) is 149 cm³/mol. The molecule has 0 bridgehead atoms. The Balaban J connectivity index is 1.63. The van der Waals surface area contributed by atoms with Crippen LogP contribution >= 0.6 is 0 Å². The first kappa shape index (κ1) is 23.1. The summed E-state index contributed by atoms with van der Waals surface area (Å²) in [6.07, 6.45) is 0. The molecule has 0 aliphatic carbocycles. The Morgan fingerprint density at radius 2 is 1.06 bits per heavy atom. The molecule has 35 heavy (non-hydrogen) atoms. The predicted octanol–water partition coefficient (Wildman–Crippen LogP) is 8.34. The Morgan fingerprint density at radius 3 is 1.57 bits per heavy atom. The molecule has 4 aromatic rings. The average molecular weight is 459 g/mol. The fourth-order valence-corrected chi connectivity index (χ4v) is 4.52. The lowest BCUT2D eigenvalue weighted by Gasteiger charge is -2.40. The minimum Gasteiger partial charge on any atom is -0.380 e. The number of benzene rings is 4. The molecule has 0 atom stereocenters. The van der Waals surface area contributed by atoms with Crippen LogP contribution in [0.4, 0.5) is 5.69 Å². The van der Waals surface area contributed by atoms with E-state index in [1.807, 2.05) is 0 Å². The van der Waals surface area contributed by atoms with Crippen LogP contribution in [0.25, 0.3) is 11.1 Å². The monoisotopic (exact) mass is 458 g/mol. The first-order valence-electron chi connectivity index (χ1n) is 12.4. The summed E-state index contributed by atoms with van der Waals surface area (Å²) in [5.41, 5.74) is 7.76. The molecule has 0 spiro atoms. The van der Waals surface area contributed by atoms with Crippen LogP contribution in [0, 0.1) is 5.41 Å². The molecule has 0 amide bonds. The second-order valence-electron chi connectivity index (χ2n) is 11.1. The lowest BCUT2D eigenvalue weighted by Crippen LogP contribution is -2.44. The Bertz CT molecular complexity index is 1310. The molecule has 4 aromatic carbocycles. The van der Waals surface area contributed by atoms with Crippen LogP contribution in [0.2, 0.25) is 0 Å². The Hall–Kier alpha value is -3.65. The number of hydrogen-bond acceptors (Lipinski definition) is 2. The van der Waals surface area contributed by atoms with Gasteiger partial charge in [-0.15, -0.1) is 0 Å². The lowest BCUT2D eigenvalue weighted by atomic mass is 9.76. The van der Waals surface area contributed by atoms with Gasteiger partial charge in [0.2, 0.25) is 0 Å². The second kappa shape index (κ2) is 8.53. The summed E-state index contributed by atoms with van der Waals surface area (Å²) in [4.78, 5) is 5.21. The van der Waals surface area contributed by atoms with Crippen molar-refractivity contribution in [2.24, 2.45) is 10.4 Å². The quantitative estimate of drug-likeness (QED) is 0.308. The van der Waals surface area contributed by atoms with Crippen molar-refractivity contribution in [3.05, 3.63) is 126 Å². The number of nitrogens with one attached hydrogen (secondary N) is 1. The van der Waals surface area contributed by atoms with E-state index in [-0.39, 0.29) is 11.0 Å². The Kier molecular flexibility index (Phi) is 5.63. The third-order valence-electron chi connectivity index (χ3n) is 7.60. The van der Waals surface area contributed by atoms with Gasteiger partial charge in [0.15, 0.2) is 5.54 Å². The number of anilines is 1. The number of hydrogen-bond donors (Lipinski definition) is 1. The molecule has 1 heterocycles. The van der Waals surface area contributed by atoms with E-state index in [1.165, 1.54) is 22.3 Å². The normalized spacial score (nSPS) is 14.8. The van der Waals surface area contributed by atoms with Gasteiger partial charge in [0, 0.05) is 16.8 Å². The highest BCUT2D eigenvalue weighted by molar-refractivity contribution is 6.20. The first-order chi connectivity index (χ1) is 16.7. The van der Waals surface area contributed by atoms with Gasteiger partial charge in [0.05, 0.1) is 5.71 Å². The number of rotatable bonds is 6. The lowest BCUT2D eigenvalue weighted by molar-refractivity contribution is 0.254. The summed E-state index contributed by atoms with van der Waals surface area (Å²) in [5.74, 6) is 0. The third-order valence-corrected chi connectivity index (χ3v) is 7.60. The molecule has 1 aliphatic rings. The van der Waals surface area contributed by atoms with Crippen molar-refractivity contribution in [2.75, 3.05) is 5.32 Å². The van der Waals surface area contributed by atoms with Crippen molar-refractivity contribution in [2.45, 2.75) is 45.7 Å². The number of nitrogens with zero attached hydrogens (tertiary/aromatic N) is 1. The zero-order valence-electron chi connectivity index (χ0n) is 21.3. The highest BCUT2D eigenvalue weighted by atomic mass is 15.1. The second-order valence-corrected chi connectivity index (χ2v) is 11.1. The van der Waals surface area contributed by atoms with Crippen LogP contribution in [-0.4, -0.2) is 11.3 Å². The van der Waals surface area contributed by atoms with Crippen LogP contribution in [0.5, 0.6) is 0 Å². The van der Waals surface area contributed by atoms with Gasteiger partial charge in [-0.1, -0.05) is 112 Å². The molecule has 0 saturated carbocycles. The van der Waals surface area contributed by atoms with Gasteiger partial charge in [-0.2, -0.15) is 0 Å². The summed E-state index contributed by atoms with van der Waals surface area (Å²) in [7, 11) is 0. The van der Waals surface area contributed by atoms with Gasteiger partial charge in [0.1, 0.15) is 0 Å². The van der Waals surface area contributed by atoms with Gasteiger partial charge in [0.25, 0.3) is 0 Å². The highest BCUT2D eigenvalue weighted by Gasteiger charge is 2.51. The summed E-state index contributed by atoms with van der Waals surface area (Å²) in [5, 5.41) is 3.84. The van der Waals surface area contributed by atoms with E-state index < -0.39 is 5.54 Å². The SMILES string of the molecule is CC(C)(C)C(C)(C)Nc1cc(C2=NC2(c2ccccc2)c2ccccc2)cc(-c2ccccc2)c1. The summed E-state index contributed by atoms with van der Waals surface area (Å²) < 4.78 is 0. The van der Waals surface area contributed by atoms with E-state index in [9.17, 15) is 0 Å². The van der Waals surface area contributed by atoms with E-state index in [1.54, 1.807) is 0 Å². The van der Waals surface area contributed by atoms with Crippen molar-refractivity contribution < 1.29 is 0 Å². The smallest absolute Gasteiger partial charge is 0.153 e. The standard InChI is InChI=1S/C33H34N2/c1-31(2,3)32(4,5)34-29-22-25(24-15-9-6-10-16-24)21-26(23-29)30-33(35-30,27-17-11-7-12-18-27)28-19-13-8-14-20-28/h6-23,34H,1-5H3. The van der Waals surface area contributed by atoms with Gasteiger partial charge < -0.3 is 5.32 Å². The molecule has 0 saturated heterocycles. The van der Waals surface area contributed by atoms with Crippen LogP contribution in [0.15, 0.2) is 114 Å². The van der Waals surface area contributed by atoms with Gasteiger partial charge in [-0.05, 0) is 59.7 Å². The minimum atomic E-state index is -0.436. The minimum absolute atomic E-state index is 0.0881. The molecule has 0 aromatic heterocycles. The average Bonchev–Trinajstić information content (AvgIpc) is 3.62. The molecule has 5 rings (SSSR count). The van der Waals surface area contributed by atoms with Gasteiger partial charge in [-0.3, -0.25) is 4.99 Å². The van der Waals surface area contributed by atoms with E-state index >= 15 is 0 Å². The van der Waals surface area contributed by atoms with E-state index in [0.29, 0.717) is 0 Å². The largest absolute Gasteiger partial charge is 0.380 e. The fourth-order valence-electron chi connectivity index (χ4n) is 4.52. The highest BCUT2D eigenvalue weighted by Crippen LogP contribution is 2.49. The van der Waals surface area contributed by atoms with Crippen LogP contribution in [0.1, 0.15) is 51.3 Å². The summed E-state index contributed by atoms with van der Waals surface area (Å²) in [6, 6.07) is 38.7. The molecular weight excluding hydrogens is 424 g/mol. The van der Waals surface area contributed by atoms with Crippen molar-refractivity contribution in [3.63, 3.8) is 0 Å². The van der Waals surface area contributed by atoms with E-state index in [2.05, 4.69) is 149 Å². The first-order valence-corrected chi connectivity index (χ1v) is 12.4. The molecule has 176 valence electrons. The molecular formula is C33H34N2. The fraction of sp³-hybridized carbons (Fsp3) is 0.242. The van der Waals surface area contributed by atoms with E-state index in [0.717, 1.165) is 17.0 Å². The van der Waals surface area contributed by atoms with Crippen LogP contribution in [-0.2, 0) is 5.54 Å². The molecule has 0 unspecified atom stereocenters. The molecule has 2 heteroatoms. The topological polar surface area (TPSA) is 24.4 Å². The van der Waals surface area contributed by atoms with Crippen molar-refractivity contribution in [1.29, 1.82) is 0 Å². The molecule has 1 aliphatic heterocycles. The van der Waals surface area contributed by atoms with Crippen LogP contribution in [0.3, 0.4) is 0 Å². The van der Waals surface area contributed by atoms with Gasteiger partial charge >= 0.3 is 0 Å². The maximum Gasteiger partial charge on any atom is 0.153 e. The van der Waals surface area contributed by atoms with Crippen LogP contribution < -0.4 is 5.32 Å². The zero-order chi connectivity index (χ0) is 24.7. The molecule has 0 fully saturated rings. The van der Waals surface area contributed by atoms with E-state index in [4.69, 9.17) is 4.99 Å². The molecule has 0 radical (unpaired) electrons. The number of aliphatic imine (C=N–C) groups is 1. The summed E-state index contributed by atoms with van der Waals surface area (Å²) in [6.45, 7) is 11.4. The molecule has 2 nitrogen and oxygen atoms in total. The Morgan fingerprint density at radius 1 is 0.571 bits per heavy atom. The zero-order valence-corrected chi connectivity index (χ0v) is 21.3. The Labute approximate surface area is 209 Å². The summed E-state index contributed by atoms with van der Waals surface area (Å²) >= 11 is 0. The van der Waals surface area contributed by atoms with Crippen molar-refractivity contribution in [1.82, 2.24) is 0 Å². The van der Waals surface area contributed by atoms with Crippen molar-refractivity contribution in [3.8, 4) is 11.1 Å². The maximum atomic E-state index is 5.21. The molecule has 1 N–H and O–H groups in total. The maximum absolute atomic E-state index is 5.21.